The van der Waals surface area contributed by atoms with Crippen molar-refractivity contribution in [1.29, 1.82) is 0 Å². The van der Waals surface area contributed by atoms with Crippen LogP contribution in [0.1, 0.15) is 16.1 Å². The fourth-order valence-corrected chi connectivity index (χ4v) is 1.71. The molecule has 0 radical (unpaired) electrons. The third-order valence-corrected chi connectivity index (χ3v) is 2.79. The van der Waals surface area contributed by atoms with E-state index in [1.165, 1.54) is 12.4 Å². The molecule has 0 saturated heterocycles. The summed E-state index contributed by atoms with van der Waals surface area (Å²) >= 11 is 11.6. The zero-order chi connectivity index (χ0) is 13.0. The third kappa shape index (κ3) is 3.18. The van der Waals surface area contributed by atoms with Crippen molar-refractivity contribution in [2.75, 3.05) is 0 Å². The lowest BCUT2D eigenvalue weighted by atomic mass is 10.2. The number of aromatic nitrogens is 2. The fourth-order valence-electron chi connectivity index (χ4n) is 1.36. The van der Waals surface area contributed by atoms with Gasteiger partial charge in [-0.2, -0.15) is 0 Å². The van der Waals surface area contributed by atoms with Crippen LogP contribution in [0.15, 0.2) is 36.7 Å². The maximum absolute atomic E-state index is 11.8. The molecule has 0 saturated carbocycles. The van der Waals surface area contributed by atoms with E-state index in [1.54, 1.807) is 6.07 Å². The van der Waals surface area contributed by atoms with E-state index in [0.717, 1.165) is 5.56 Å². The van der Waals surface area contributed by atoms with Crippen LogP contribution < -0.4 is 5.32 Å². The molecule has 0 bridgehead atoms. The number of rotatable bonds is 3. The van der Waals surface area contributed by atoms with Crippen LogP contribution in [0.4, 0.5) is 0 Å². The van der Waals surface area contributed by atoms with Gasteiger partial charge in [0.1, 0.15) is 10.8 Å². The Morgan fingerprint density at radius 3 is 2.72 bits per heavy atom. The normalized spacial score (nSPS) is 10.1. The molecule has 6 heteroatoms. The highest BCUT2D eigenvalue weighted by atomic mass is 35.5. The number of nitrogens with one attached hydrogen (secondary N) is 1. The van der Waals surface area contributed by atoms with E-state index >= 15 is 0 Å². The van der Waals surface area contributed by atoms with E-state index < -0.39 is 0 Å². The van der Waals surface area contributed by atoms with Crippen molar-refractivity contribution < 1.29 is 4.79 Å². The molecule has 2 rings (SSSR count). The number of hydrogen-bond donors (Lipinski definition) is 1. The molecule has 18 heavy (non-hydrogen) atoms. The summed E-state index contributed by atoms with van der Waals surface area (Å²) in [6.07, 6.45) is 2.72. The predicted molar refractivity (Wildman–Crippen MR) is 69.7 cm³/mol. The van der Waals surface area contributed by atoms with Gasteiger partial charge in [0.2, 0.25) is 0 Å². The molecule has 0 fully saturated rings. The summed E-state index contributed by atoms with van der Waals surface area (Å²) in [5.41, 5.74) is 1.01. The minimum Gasteiger partial charge on any atom is -0.347 e. The first-order valence-corrected chi connectivity index (χ1v) is 5.91. The number of hydrogen-bond acceptors (Lipinski definition) is 3. The molecular weight excluding hydrogens is 273 g/mol. The lowest BCUT2D eigenvalue weighted by Gasteiger charge is -2.06. The van der Waals surface area contributed by atoms with Gasteiger partial charge in [-0.3, -0.25) is 9.78 Å². The van der Waals surface area contributed by atoms with Crippen molar-refractivity contribution in [3.8, 4) is 0 Å². The molecule has 0 atom stereocenters. The van der Waals surface area contributed by atoms with Crippen LogP contribution in [-0.2, 0) is 6.54 Å². The van der Waals surface area contributed by atoms with Crippen molar-refractivity contribution in [2.45, 2.75) is 6.54 Å². The van der Waals surface area contributed by atoms with E-state index in [9.17, 15) is 4.79 Å². The quantitative estimate of drug-likeness (QED) is 0.941. The molecule has 2 aromatic rings. The molecule has 92 valence electrons. The van der Waals surface area contributed by atoms with Crippen LogP contribution >= 0.6 is 23.2 Å². The van der Waals surface area contributed by atoms with Gasteiger partial charge >= 0.3 is 0 Å². The predicted octanol–water partition coefficient (Wildman–Crippen LogP) is 2.71. The van der Waals surface area contributed by atoms with Gasteiger partial charge in [0.15, 0.2) is 0 Å². The van der Waals surface area contributed by atoms with E-state index in [2.05, 4.69) is 15.3 Å². The first-order valence-electron chi connectivity index (χ1n) is 5.16. The molecule has 0 aliphatic rings. The second kappa shape index (κ2) is 5.80. The number of carbonyl (C=O) groups excluding carboxylic acids is 1. The Balaban J connectivity index is 2.03. The Bertz CT molecular complexity index is 575. The molecule has 0 aliphatic heterocycles. The van der Waals surface area contributed by atoms with Crippen LogP contribution in [0.2, 0.25) is 10.2 Å². The summed E-state index contributed by atoms with van der Waals surface area (Å²) in [4.78, 5) is 19.4. The number of carbonyl (C=O) groups is 1. The van der Waals surface area contributed by atoms with Crippen LogP contribution in [0, 0.1) is 0 Å². The van der Waals surface area contributed by atoms with E-state index in [0.29, 0.717) is 11.6 Å². The lowest BCUT2D eigenvalue weighted by molar-refractivity contribution is 0.0945. The Labute approximate surface area is 114 Å². The van der Waals surface area contributed by atoms with Gasteiger partial charge in [0.05, 0.1) is 12.4 Å². The topological polar surface area (TPSA) is 54.9 Å². The Morgan fingerprint density at radius 1 is 1.22 bits per heavy atom. The lowest BCUT2D eigenvalue weighted by Crippen LogP contribution is -2.24. The second-order valence-corrected chi connectivity index (χ2v) is 4.30. The molecule has 1 aromatic heterocycles. The smallest absolute Gasteiger partial charge is 0.271 e. The number of halogens is 2. The molecule has 4 nitrogen and oxygen atoms in total. The van der Waals surface area contributed by atoms with Crippen molar-refractivity contribution >= 4 is 29.1 Å². The molecule has 1 aromatic carbocycles. The van der Waals surface area contributed by atoms with Gasteiger partial charge < -0.3 is 5.32 Å². The number of amides is 1. The average molecular weight is 282 g/mol. The van der Waals surface area contributed by atoms with Crippen molar-refractivity contribution in [2.24, 2.45) is 0 Å². The van der Waals surface area contributed by atoms with E-state index in [1.807, 2.05) is 18.2 Å². The van der Waals surface area contributed by atoms with Gasteiger partial charge in [-0.05, 0) is 11.6 Å². The second-order valence-electron chi connectivity index (χ2n) is 3.50. The summed E-state index contributed by atoms with van der Waals surface area (Å²) in [6.45, 7) is 0.326. The molecule has 0 unspecified atom stereocenters. The van der Waals surface area contributed by atoms with E-state index in [4.69, 9.17) is 23.2 Å². The van der Waals surface area contributed by atoms with Crippen LogP contribution in [0.3, 0.4) is 0 Å². The number of benzene rings is 1. The maximum Gasteiger partial charge on any atom is 0.271 e. The van der Waals surface area contributed by atoms with Crippen molar-refractivity contribution in [3.63, 3.8) is 0 Å². The Kier molecular flexibility index (Phi) is 4.12. The molecule has 0 spiro atoms. The average Bonchev–Trinajstić information content (AvgIpc) is 2.37. The largest absolute Gasteiger partial charge is 0.347 e. The first kappa shape index (κ1) is 12.8. The minimum absolute atomic E-state index is 0.176. The van der Waals surface area contributed by atoms with Gasteiger partial charge in [-0.1, -0.05) is 41.4 Å². The molecule has 1 heterocycles. The highest BCUT2D eigenvalue weighted by molar-refractivity contribution is 6.31. The Hall–Kier alpha value is -1.65. The third-order valence-electron chi connectivity index (χ3n) is 2.24. The number of nitrogens with zero attached hydrogens (tertiary/aromatic N) is 2. The zero-order valence-corrected chi connectivity index (χ0v) is 10.7. The zero-order valence-electron chi connectivity index (χ0n) is 9.23. The summed E-state index contributed by atoms with van der Waals surface area (Å²) in [7, 11) is 0. The highest BCUT2D eigenvalue weighted by Gasteiger charge is 2.08. The van der Waals surface area contributed by atoms with Gasteiger partial charge in [0, 0.05) is 11.6 Å². The van der Waals surface area contributed by atoms with Crippen molar-refractivity contribution in [3.05, 3.63) is 58.1 Å². The summed E-state index contributed by atoms with van der Waals surface area (Å²) < 4.78 is 0. The highest BCUT2D eigenvalue weighted by Crippen LogP contribution is 2.14. The monoisotopic (exact) mass is 281 g/mol. The molecule has 1 amide bonds. The first-order chi connectivity index (χ1) is 8.66. The molecule has 0 aliphatic carbocycles. The summed E-state index contributed by atoms with van der Waals surface area (Å²) in [5, 5.41) is 3.49. The van der Waals surface area contributed by atoms with Crippen LogP contribution in [0.25, 0.3) is 0 Å². The molecular formula is C12H9Cl2N3O. The SMILES string of the molecule is O=C(NCc1ccccc1Cl)c1cncc(Cl)n1. The van der Waals surface area contributed by atoms with Crippen molar-refractivity contribution in [1.82, 2.24) is 15.3 Å². The fraction of sp³-hybridized carbons (Fsp3) is 0.0833. The molecule has 1 N–H and O–H groups in total. The standard InChI is InChI=1S/C12H9Cl2N3O/c13-9-4-2-1-3-8(9)5-16-12(18)10-6-15-7-11(14)17-10/h1-4,6-7H,5H2,(H,16,18). The Morgan fingerprint density at radius 2 is 2.00 bits per heavy atom. The van der Waals surface area contributed by atoms with E-state index in [-0.39, 0.29) is 16.8 Å². The van der Waals surface area contributed by atoms with Crippen LogP contribution in [0.5, 0.6) is 0 Å². The summed E-state index contributed by atoms with van der Waals surface area (Å²) in [6, 6.07) is 7.29. The van der Waals surface area contributed by atoms with Gasteiger partial charge in [-0.15, -0.1) is 0 Å². The minimum atomic E-state index is -0.343. The van der Waals surface area contributed by atoms with Crippen LogP contribution in [-0.4, -0.2) is 15.9 Å². The van der Waals surface area contributed by atoms with Gasteiger partial charge in [0.25, 0.3) is 5.91 Å². The van der Waals surface area contributed by atoms with Gasteiger partial charge in [-0.25, -0.2) is 4.98 Å². The maximum atomic E-state index is 11.8. The summed E-state index contributed by atoms with van der Waals surface area (Å²) in [5.74, 6) is -0.343.